The van der Waals surface area contributed by atoms with Crippen molar-refractivity contribution in [1.82, 2.24) is 34.6 Å². The van der Waals surface area contributed by atoms with Gasteiger partial charge in [-0.3, -0.25) is 14.3 Å². The highest BCUT2D eigenvalue weighted by molar-refractivity contribution is 5.99. The maximum absolute atomic E-state index is 13.4. The molecule has 2 amide bonds. The van der Waals surface area contributed by atoms with E-state index in [-0.39, 0.29) is 23.3 Å². The summed E-state index contributed by atoms with van der Waals surface area (Å²) in [4.78, 5) is 31.8. The fourth-order valence-electron chi connectivity index (χ4n) is 4.01. The number of aryl methyl sites for hydroxylation is 1. The summed E-state index contributed by atoms with van der Waals surface area (Å²) in [7, 11) is 1.81. The van der Waals surface area contributed by atoms with Crippen molar-refractivity contribution in [2.45, 2.75) is 19.4 Å². The third-order valence-corrected chi connectivity index (χ3v) is 5.90. The minimum Gasteiger partial charge on any atom is -0.352 e. The van der Waals surface area contributed by atoms with Gasteiger partial charge in [0, 0.05) is 43.0 Å². The summed E-state index contributed by atoms with van der Waals surface area (Å²) in [5, 5.41) is 11.7. The second-order valence-electron chi connectivity index (χ2n) is 8.52. The van der Waals surface area contributed by atoms with Gasteiger partial charge < -0.3 is 10.2 Å². The van der Waals surface area contributed by atoms with Crippen molar-refractivity contribution in [2.75, 3.05) is 13.1 Å². The number of halogens is 1. The van der Waals surface area contributed by atoms with Gasteiger partial charge in [-0.1, -0.05) is 0 Å². The number of imidazole rings is 1. The molecular weight excluding hydrogens is 425 g/mol. The summed E-state index contributed by atoms with van der Waals surface area (Å²) in [6.07, 6.45) is 5.11. The van der Waals surface area contributed by atoms with Crippen LogP contribution in [0.2, 0.25) is 0 Å². The molecule has 0 saturated carbocycles. The summed E-state index contributed by atoms with van der Waals surface area (Å²) in [6.45, 7) is 4.19. The maximum atomic E-state index is 13.4. The van der Waals surface area contributed by atoms with Crippen LogP contribution in [0.4, 0.5) is 4.39 Å². The van der Waals surface area contributed by atoms with Gasteiger partial charge in [0.05, 0.1) is 18.1 Å². The molecule has 0 radical (unpaired) electrons. The van der Waals surface area contributed by atoms with Crippen molar-refractivity contribution in [3.63, 3.8) is 0 Å². The van der Waals surface area contributed by atoms with Gasteiger partial charge in [0.2, 0.25) is 5.91 Å². The third kappa shape index (κ3) is 3.53. The molecule has 9 nitrogen and oxygen atoms in total. The summed E-state index contributed by atoms with van der Waals surface area (Å²) in [5.41, 5.74) is 2.52. The largest absolute Gasteiger partial charge is 0.352 e. The highest BCUT2D eigenvalue weighted by Crippen LogP contribution is 2.29. The Hall–Kier alpha value is -4.08. The maximum Gasteiger partial charge on any atom is 0.275 e. The number of fused-ring (bicyclic) bond motifs is 1. The van der Waals surface area contributed by atoms with Crippen LogP contribution >= 0.6 is 0 Å². The zero-order chi connectivity index (χ0) is 23.3. The lowest BCUT2D eigenvalue weighted by Gasteiger charge is -2.40. The van der Waals surface area contributed by atoms with Crippen LogP contribution in [0.1, 0.15) is 24.3 Å². The molecule has 1 aliphatic rings. The SMILES string of the molecule is Cn1cc(-c2cc(-c3ccc(F)cc3)nn3cc(C(=O)N4CCNC(=O)C4(C)C)nc23)cn1. The fraction of sp³-hybridized carbons (Fsp3) is 0.261. The lowest BCUT2D eigenvalue weighted by atomic mass is 9.98. The molecular formula is C23H22FN7O2. The lowest BCUT2D eigenvalue weighted by Crippen LogP contribution is -2.63. The molecule has 0 spiro atoms. The summed E-state index contributed by atoms with van der Waals surface area (Å²) in [6, 6.07) is 7.89. The zero-order valence-electron chi connectivity index (χ0n) is 18.4. The Morgan fingerprint density at radius 3 is 2.61 bits per heavy atom. The quantitative estimate of drug-likeness (QED) is 0.520. The van der Waals surface area contributed by atoms with E-state index in [0.29, 0.717) is 24.4 Å². The van der Waals surface area contributed by atoms with Crippen LogP contribution in [-0.2, 0) is 11.8 Å². The van der Waals surface area contributed by atoms with E-state index in [4.69, 9.17) is 0 Å². The number of carbonyl (C=O) groups excluding carboxylic acids is 2. The van der Waals surface area contributed by atoms with Crippen LogP contribution in [0.5, 0.6) is 0 Å². The Labute approximate surface area is 188 Å². The molecule has 1 aliphatic heterocycles. The topological polar surface area (TPSA) is 97.4 Å². The summed E-state index contributed by atoms with van der Waals surface area (Å²) < 4.78 is 16.7. The van der Waals surface area contributed by atoms with E-state index in [1.54, 1.807) is 47.6 Å². The molecule has 4 heterocycles. The smallest absolute Gasteiger partial charge is 0.275 e. The van der Waals surface area contributed by atoms with Crippen molar-refractivity contribution in [1.29, 1.82) is 0 Å². The molecule has 168 valence electrons. The summed E-state index contributed by atoms with van der Waals surface area (Å²) in [5.74, 6) is -0.893. The number of piperazine rings is 1. The molecule has 5 rings (SSSR count). The van der Waals surface area contributed by atoms with Gasteiger partial charge in [0.1, 0.15) is 17.1 Å². The summed E-state index contributed by atoms with van der Waals surface area (Å²) >= 11 is 0. The van der Waals surface area contributed by atoms with Crippen molar-refractivity contribution in [3.8, 4) is 22.4 Å². The van der Waals surface area contributed by atoms with E-state index < -0.39 is 5.54 Å². The number of aromatic nitrogens is 5. The fourth-order valence-corrected chi connectivity index (χ4v) is 4.01. The van der Waals surface area contributed by atoms with Crippen molar-refractivity contribution in [3.05, 3.63) is 60.4 Å². The molecule has 0 bridgehead atoms. The molecule has 1 saturated heterocycles. The zero-order valence-corrected chi connectivity index (χ0v) is 18.4. The van der Waals surface area contributed by atoms with Crippen LogP contribution in [-0.4, -0.2) is 59.7 Å². The van der Waals surface area contributed by atoms with E-state index >= 15 is 0 Å². The minimum absolute atomic E-state index is 0.187. The molecule has 33 heavy (non-hydrogen) atoms. The van der Waals surface area contributed by atoms with Crippen LogP contribution in [0.3, 0.4) is 0 Å². The van der Waals surface area contributed by atoms with Gasteiger partial charge in [-0.05, 0) is 44.2 Å². The first-order chi connectivity index (χ1) is 15.7. The van der Waals surface area contributed by atoms with Gasteiger partial charge in [-0.2, -0.15) is 10.2 Å². The van der Waals surface area contributed by atoms with Gasteiger partial charge in [0.15, 0.2) is 5.65 Å². The molecule has 1 aromatic carbocycles. The van der Waals surface area contributed by atoms with Crippen LogP contribution in [0.15, 0.2) is 48.9 Å². The van der Waals surface area contributed by atoms with Crippen molar-refractivity contribution < 1.29 is 14.0 Å². The predicted octanol–water partition coefficient (Wildman–Crippen LogP) is 2.29. The van der Waals surface area contributed by atoms with E-state index in [2.05, 4.69) is 20.5 Å². The second-order valence-corrected chi connectivity index (χ2v) is 8.52. The highest BCUT2D eigenvalue weighted by Gasteiger charge is 2.41. The molecule has 1 fully saturated rings. The molecule has 0 atom stereocenters. The lowest BCUT2D eigenvalue weighted by molar-refractivity contribution is -0.133. The highest BCUT2D eigenvalue weighted by atomic mass is 19.1. The van der Waals surface area contributed by atoms with E-state index in [0.717, 1.165) is 16.7 Å². The van der Waals surface area contributed by atoms with E-state index in [1.807, 2.05) is 19.3 Å². The first-order valence-corrected chi connectivity index (χ1v) is 10.5. The normalized spacial score (nSPS) is 15.6. The Bertz CT molecular complexity index is 1390. The number of carbonyl (C=O) groups is 2. The van der Waals surface area contributed by atoms with Crippen LogP contribution < -0.4 is 5.32 Å². The Morgan fingerprint density at radius 1 is 1.15 bits per heavy atom. The number of hydrogen-bond donors (Lipinski definition) is 1. The molecule has 0 aliphatic carbocycles. The van der Waals surface area contributed by atoms with Gasteiger partial charge in [-0.15, -0.1) is 0 Å². The predicted molar refractivity (Wildman–Crippen MR) is 119 cm³/mol. The molecule has 4 aromatic rings. The third-order valence-electron chi connectivity index (χ3n) is 5.90. The van der Waals surface area contributed by atoms with Gasteiger partial charge >= 0.3 is 0 Å². The second kappa shape index (κ2) is 7.51. The van der Waals surface area contributed by atoms with E-state index in [1.165, 1.54) is 17.0 Å². The number of nitrogens with zero attached hydrogens (tertiary/aromatic N) is 6. The van der Waals surface area contributed by atoms with Crippen molar-refractivity contribution in [2.24, 2.45) is 7.05 Å². The Balaban J connectivity index is 1.65. The number of rotatable bonds is 3. The first kappa shape index (κ1) is 20.8. The number of hydrogen-bond acceptors (Lipinski definition) is 5. The Kier molecular flexibility index (Phi) is 4.73. The number of benzene rings is 1. The van der Waals surface area contributed by atoms with Crippen LogP contribution in [0, 0.1) is 5.82 Å². The standard InChI is InChI=1S/C23H22FN7O2/c1-23(2)22(33)25-8-9-30(23)21(32)19-13-31-20(27-19)17(15-11-26-29(3)12-15)10-18(28-31)14-4-6-16(24)7-5-14/h4-7,10-13H,8-9H2,1-3H3,(H,25,33). The monoisotopic (exact) mass is 447 g/mol. The minimum atomic E-state index is -0.996. The number of amides is 2. The van der Waals surface area contributed by atoms with Crippen molar-refractivity contribution >= 4 is 17.5 Å². The molecule has 0 unspecified atom stereocenters. The Morgan fingerprint density at radius 2 is 1.91 bits per heavy atom. The molecule has 10 heteroatoms. The first-order valence-electron chi connectivity index (χ1n) is 10.5. The molecule has 1 N–H and O–H groups in total. The molecule has 3 aromatic heterocycles. The van der Waals surface area contributed by atoms with E-state index in [9.17, 15) is 14.0 Å². The number of nitrogens with one attached hydrogen (secondary N) is 1. The van der Waals surface area contributed by atoms with Crippen LogP contribution in [0.25, 0.3) is 28.0 Å². The average molecular weight is 447 g/mol. The average Bonchev–Trinajstić information content (AvgIpc) is 3.41. The van der Waals surface area contributed by atoms with Gasteiger partial charge in [0.25, 0.3) is 5.91 Å². The van der Waals surface area contributed by atoms with Gasteiger partial charge in [-0.25, -0.2) is 13.9 Å².